The Morgan fingerprint density at radius 2 is 2.12 bits per heavy atom. The van der Waals surface area contributed by atoms with Crippen molar-refractivity contribution in [3.8, 4) is 0 Å². The molecule has 0 aromatic carbocycles. The fraction of sp³-hybridized carbons (Fsp3) is 0.800. The third-order valence-corrected chi connectivity index (χ3v) is 1.29. The van der Waals surface area contributed by atoms with Crippen LogP contribution in [0.1, 0.15) is 13.8 Å². The molecule has 8 heavy (non-hydrogen) atoms. The minimum absolute atomic E-state index is 0.0866. The second kappa shape index (κ2) is 3.65. The van der Waals surface area contributed by atoms with Crippen LogP contribution >= 0.6 is 11.6 Å². The zero-order chi connectivity index (χ0) is 6.57. The van der Waals surface area contributed by atoms with Crippen molar-refractivity contribution in [1.29, 1.82) is 0 Å². The molecule has 0 bridgehead atoms. The van der Waals surface area contributed by atoms with Crippen LogP contribution in [0.15, 0.2) is 4.99 Å². The molecule has 0 spiro atoms. The molecule has 0 aliphatic carbocycles. The highest BCUT2D eigenvalue weighted by molar-refractivity contribution is 6.20. The molecule has 0 radical (unpaired) electrons. The van der Waals surface area contributed by atoms with Crippen LogP contribution in [-0.4, -0.2) is 17.5 Å². The predicted molar refractivity (Wildman–Crippen MR) is 32.9 cm³/mol. The number of halogens is 1. The highest BCUT2D eigenvalue weighted by Gasteiger charge is 2.04. The fourth-order valence-electron chi connectivity index (χ4n) is 0.186. The van der Waals surface area contributed by atoms with Gasteiger partial charge in [-0.05, 0) is 13.8 Å². The Kier molecular flexibility index (Phi) is 3.49. The van der Waals surface area contributed by atoms with Gasteiger partial charge in [0.15, 0.2) is 0 Å². The highest BCUT2D eigenvalue weighted by atomic mass is 35.5. The van der Waals surface area contributed by atoms with Gasteiger partial charge in [0.25, 0.3) is 0 Å². The molecule has 0 amide bonds. The van der Waals surface area contributed by atoms with E-state index in [1.54, 1.807) is 13.8 Å². The van der Waals surface area contributed by atoms with Crippen LogP contribution in [0.4, 0.5) is 0 Å². The lowest BCUT2D eigenvalue weighted by Crippen LogP contribution is -2.09. The van der Waals surface area contributed by atoms with Gasteiger partial charge in [0, 0.05) is 0 Å². The smallest absolute Gasteiger partial charge is 0.211 e. The lowest BCUT2D eigenvalue weighted by atomic mass is 10.3. The second-order valence-corrected chi connectivity index (χ2v) is 2.33. The molecule has 2 nitrogen and oxygen atoms in total. The Hall–Kier alpha value is -0.330. The van der Waals surface area contributed by atoms with Gasteiger partial charge in [0.05, 0.1) is 11.4 Å². The van der Waals surface area contributed by atoms with Crippen LogP contribution in [0.3, 0.4) is 0 Å². The molecule has 0 saturated carbocycles. The number of aliphatic imine (C=N–C) groups is 1. The molecule has 0 aliphatic rings. The minimum Gasteiger partial charge on any atom is -0.211 e. The largest absolute Gasteiger partial charge is 0.235 e. The van der Waals surface area contributed by atoms with Crippen LogP contribution in [0.25, 0.3) is 0 Å². The van der Waals surface area contributed by atoms with Crippen LogP contribution in [0.2, 0.25) is 0 Å². The van der Waals surface area contributed by atoms with E-state index in [4.69, 9.17) is 11.6 Å². The predicted octanol–water partition coefficient (Wildman–Crippen LogP) is 1.34. The van der Waals surface area contributed by atoms with Crippen molar-refractivity contribution in [2.75, 3.05) is 0 Å². The first kappa shape index (κ1) is 7.67. The lowest BCUT2D eigenvalue weighted by Gasteiger charge is -2.02. The zero-order valence-electron chi connectivity index (χ0n) is 4.89. The Labute approximate surface area is 53.6 Å². The number of hydrogen-bond acceptors (Lipinski definition) is 2. The van der Waals surface area contributed by atoms with Crippen LogP contribution in [0.5, 0.6) is 0 Å². The molecule has 0 rings (SSSR count). The summed E-state index contributed by atoms with van der Waals surface area (Å²) in [6.07, 6.45) is 1.44. The maximum atomic E-state index is 9.57. The third-order valence-electron chi connectivity index (χ3n) is 0.921. The van der Waals surface area contributed by atoms with Gasteiger partial charge in [-0.15, -0.1) is 11.6 Å². The van der Waals surface area contributed by atoms with E-state index in [1.165, 1.54) is 6.08 Å². The van der Waals surface area contributed by atoms with Crippen molar-refractivity contribution in [3.05, 3.63) is 0 Å². The summed E-state index contributed by atoms with van der Waals surface area (Å²) in [6.45, 7) is 3.55. The molecule has 1 unspecified atom stereocenters. The van der Waals surface area contributed by atoms with E-state index in [0.717, 1.165) is 0 Å². The van der Waals surface area contributed by atoms with E-state index < -0.39 is 0 Å². The summed E-state index contributed by atoms with van der Waals surface area (Å²) in [5, 5.41) is -0.0866. The second-order valence-electron chi connectivity index (χ2n) is 1.64. The molecule has 0 aromatic heterocycles. The van der Waals surface area contributed by atoms with E-state index in [9.17, 15) is 4.79 Å². The lowest BCUT2D eigenvalue weighted by molar-refractivity contribution is 0.557. The third kappa shape index (κ3) is 2.78. The summed E-state index contributed by atoms with van der Waals surface area (Å²) in [5.41, 5.74) is 0. The monoisotopic (exact) mass is 133 g/mol. The summed E-state index contributed by atoms with van der Waals surface area (Å²) < 4.78 is 0. The van der Waals surface area contributed by atoms with Crippen molar-refractivity contribution in [2.24, 2.45) is 4.99 Å². The van der Waals surface area contributed by atoms with Gasteiger partial charge in [-0.3, -0.25) is 0 Å². The first-order chi connectivity index (χ1) is 3.68. The molecule has 0 heterocycles. The number of alkyl halides is 1. The normalized spacial score (nSPS) is 16.4. The topological polar surface area (TPSA) is 29.4 Å². The van der Waals surface area contributed by atoms with E-state index in [0.29, 0.717) is 0 Å². The molecule has 3 heteroatoms. The van der Waals surface area contributed by atoms with Crippen LogP contribution < -0.4 is 0 Å². The van der Waals surface area contributed by atoms with Crippen molar-refractivity contribution < 1.29 is 4.79 Å². The quantitative estimate of drug-likeness (QED) is 0.318. The van der Waals surface area contributed by atoms with Crippen molar-refractivity contribution in [1.82, 2.24) is 0 Å². The summed E-state index contributed by atoms with van der Waals surface area (Å²) in [5.74, 6) is 0. The minimum atomic E-state index is -0.117. The van der Waals surface area contributed by atoms with Gasteiger partial charge >= 0.3 is 0 Å². The van der Waals surface area contributed by atoms with Crippen molar-refractivity contribution in [2.45, 2.75) is 25.3 Å². The SMILES string of the molecule is CC(Cl)[C@H](C)N=C=O. The van der Waals surface area contributed by atoms with Crippen LogP contribution in [0, 0.1) is 0 Å². The average Bonchev–Trinajstić information content (AvgIpc) is 1.67. The number of nitrogens with zero attached hydrogens (tertiary/aromatic N) is 1. The van der Waals surface area contributed by atoms with Gasteiger partial charge in [-0.2, -0.15) is 0 Å². The van der Waals surface area contributed by atoms with Gasteiger partial charge in [-0.25, -0.2) is 9.79 Å². The van der Waals surface area contributed by atoms with E-state index in [1.807, 2.05) is 0 Å². The number of carbonyl (C=O) groups excluding carboxylic acids is 1. The molecular weight excluding hydrogens is 126 g/mol. The number of rotatable bonds is 2. The summed E-state index contributed by atoms with van der Waals surface area (Å²) in [4.78, 5) is 13.0. The average molecular weight is 134 g/mol. The van der Waals surface area contributed by atoms with Gasteiger partial charge in [0.2, 0.25) is 6.08 Å². The summed E-state index contributed by atoms with van der Waals surface area (Å²) >= 11 is 5.53. The standard InChI is InChI=1S/C5H8ClNO/c1-4(6)5(2)7-3-8/h4-5H,1-2H3/t4?,5-/m0/s1. The first-order valence-corrected chi connectivity index (χ1v) is 2.83. The van der Waals surface area contributed by atoms with Crippen molar-refractivity contribution >= 4 is 17.7 Å². The summed E-state index contributed by atoms with van der Waals surface area (Å²) in [7, 11) is 0. The molecule has 46 valence electrons. The summed E-state index contributed by atoms with van der Waals surface area (Å²) in [6, 6.07) is -0.117. The Morgan fingerprint density at radius 1 is 1.62 bits per heavy atom. The number of hydrogen-bond donors (Lipinski definition) is 0. The number of isocyanates is 1. The highest BCUT2D eigenvalue weighted by Crippen LogP contribution is 2.02. The van der Waals surface area contributed by atoms with Gasteiger partial charge in [0.1, 0.15) is 0 Å². The maximum Gasteiger partial charge on any atom is 0.235 e. The molecule has 2 atom stereocenters. The Morgan fingerprint density at radius 3 is 2.25 bits per heavy atom. The van der Waals surface area contributed by atoms with Gasteiger partial charge < -0.3 is 0 Å². The maximum absolute atomic E-state index is 9.57. The van der Waals surface area contributed by atoms with E-state index >= 15 is 0 Å². The Balaban J connectivity index is 3.63. The van der Waals surface area contributed by atoms with E-state index in [2.05, 4.69) is 4.99 Å². The van der Waals surface area contributed by atoms with Crippen LogP contribution in [-0.2, 0) is 4.79 Å². The molecule has 0 N–H and O–H groups in total. The van der Waals surface area contributed by atoms with E-state index in [-0.39, 0.29) is 11.4 Å². The molecule has 0 saturated heterocycles. The fourth-order valence-corrected chi connectivity index (χ4v) is 0.242. The zero-order valence-corrected chi connectivity index (χ0v) is 5.64. The first-order valence-electron chi connectivity index (χ1n) is 2.39. The van der Waals surface area contributed by atoms with Gasteiger partial charge in [-0.1, -0.05) is 0 Å². The van der Waals surface area contributed by atoms with Crippen molar-refractivity contribution in [3.63, 3.8) is 0 Å². The molecule has 0 aliphatic heterocycles. The molecule has 0 aromatic rings. The molecular formula is C5H8ClNO. The Bertz CT molecular complexity index is 107. The molecule has 0 fully saturated rings.